The maximum Gasteiger partial charge on any atom is 0.267 e. The second kappa shape index (κ2) is 11.8. The summed E-state index contributed by atoms with van der Waals surface area (Å²) in [5.41, 5.74) is 10.6. The van der Waals surface area contributed by atoms with E-state index in [4.69, 9.17) is 5.73 Å². The molecule has 3 heterocycles. The Kier molecular flexibility index (Phi) is 8.20. The third kappa shape index (κ3) is 5.95. The molecule has 0 unspecified atom stereocenters. The number of carbonyl (C=O) groups excluding carboxylic acids is 3. The van der Waals surface area contributed by atoms with Crippen molar-refractivity contribution in [1.82, 2.24) is 14.9 Å². The fourth-order valence-electron chi connectivity index (χ4n) is 6.20. The molecule has 1 aliphatic heterocycles. The van der Waals surface area contributed by atoms with E-state index in [9.17, 15) is 18.8 Å². The van der Waals surface area contributed by atoms with E-state index in [1.54, 1.807) is 42.1 Å². The summed E-state index contributed by atoms with van der Waals surface area (Å²) in [4.78, 5) is 38.8. The van der Waals surface area contributed by atoms with Crippen LogP contribution in [-0.2, 0) is 6.42 Å². The summed E-state index contributed by atoms with van der Waals surface area (Å²) in [5.74, 6) is -0.935. The summed E-state index contributed by atoms with van der Waals surface area (Å²) in [6, 6.07) is 14.1. The number of fused-ring (bicyclic) bond motifs is 3. The van der Waals surface area contributed by atoms with E-state index in [2.05, 4.69) is 29.5 Å². The normalized spacial score (nSPS) is 16.3. The number of nitrogens with two attached hydrogens (primary N) is 1. The molecule has 0 radical (unpaired) electrons. The third-order valence-electron chi connectivity index (χ3n) is 8.16. The molecule has 2 aliphatic rings. The third-order valence-corrected chi connectivity index (χ3v) is 8.16. The average molecular weight is 572 g/mol. The van der Waals surface area contributed by atoms with Crippen molar-refractivity contribution in [3.8, 4) is 11.1 Å². The van der Waals surface area contributed by atoms with Gasteiger partial charge in [0.25, 0.3) is 11.8 Å². The van der Waals surface area contributed by atoms with Gasteiger partial charge in [0.1, 0.15) is 11.5 Å². The van der Waals surface area contributed by atoms with Crippen LogP contribution in [0.15, 0.2) is 54.7 Å². The highest BCUT2D eigenvalue weighted by Crippen LogP contribution is 2.43. The first-order valence-electron chi connectivity index (χ1n) is 14.5. The molecule has 42 heavy (non-hydrogen) atoms. The van der Waals surface area contributed by atoms with Crippen molar-refractivity contribution in [3.05, 3.63) is 77.5 Å². The zero-order valence-corrected chi connectivity index (χ0v) is 24.4. The highest BCUT2D eigenvalue weighted by atomic mass is 19.1. The Morgan fingerprint density at radius 1 is 1.05 bits per heavy atom. The fourth-order valence-corrected chi connectivity index (χ4v) is 6.20. The van der Waals surface area contributed by atoms with Crippen LogP contribution in [0.25, 0.3) is 22.0 Å². The number of aromatic amines is 1. The molecule has 4 aromatic rings. The molecular weight excluding hydrogens is 533 g/mol. The maximum absolute atomic E-state index is 14.2. The Bertz CT molecular complexity index is 1630. The number of nitrogens with zero attached hydrogens (tertiary/aromatic N) is 1. The van der Waals surface area contributed by atoms with E-state index in [0.717, 1.165) is 40.7 Å². The van der Waals surface area contributed by atoms with E-state index < -0.39 is 5.91 Å². The van der Waals surface area contributed by atoms with Crippen molar-refractivity contribution in [2.24, 2.45) is 11.1 Å². The molecule has 6 rings (SSSR count). The summed E-state index contributed by atoms with van der Waals surface area (Å²) < 4.78 is 15.9. The van der Waals surface area contributed by atoms with Crippen LogP contribution in [0.3, 0.4) is 0 Å². The summed E-state index contributed by atoms with van der Waals surface area (Å²) in [5, 5.41) is 6.90. The highest BCUT2D eigenvalue weighted by molar-refractivity contribution is 6.06. The van der Waals surface area contributed by atoms with Gasteiger partial charge in [-0.1, -0.05) is 39.2 Å². The molecule has 2 amide bonds. The number of benzene rings is 2. The van der Waals surface area contributed by atoms with E-state index in [1.807, 2.05) is 12.1 Å². The first-order valence-corrected chi connectivity index (χ1v) is 14.5. The smallest absolute Gasteiger partial charge is 0.267 e. The number of amides is 2. The molecular formula is C33H38FN5O3. The van der Waals surface area contributed by atoms with Crippen LogP contribution in [0.2, 0.25) is 0 Å². The van der Waals surface area contributed by atoms with Gasteiger partial charge in [0.15, 0.2) is 0 Å². The van der Waals surface area contributed by atoms with E-state index in [0.29, 0.717) is 35.7 Å². The molecule has 0 saturated heterocycles. The Balaban J connectivity index is 0.000000336. The van der Waals surface area contributed by atoms with Crippen molar-refractivity contribution >= 4 is 34.3 Å². The fraction of sp³-hybridized carbons (Fsp3) is 0.364. The Hall–Kier alpha value is -4.40. The number of carbonyl (C=O) groups is 3. The van der Waals surface area contributed by atoms with Crippen LogP contribution in [0, 0.1) is 11.2 Å². The van der Waals surface area contributed by atoms with Crippen LogP contribution in [0.1, 0.15) is 83.7 Å². The lowest BCUT2D eigenvalue weighted by Crippen LogP contribution is -2.31. The van der Waals surface area contributed by atoms with Gasteiger partial charge in [0, 0.05) is 48.0 Å². The second-order valence-corrected chi connectivity index (χ2v) is 12.0. The number of hydrogen-bond donors (Lipinski definition) is 4. The zero-order chi connectivity index (χ0) is 30.0. The van der Waals surface area contributed by atoms with Gasteiger partial charge in [-0.15, -0.1) is 0 Å². The van der Waals surface area contributed by atoms with E-state index in [1.165, 1.54) is 31.4 Å². The number of hydrogen-bond acceptors (Lipinski definition) is 4. The number of nitrogens with one attached hydrogen (secondary N) is 3. The topological polar surface area (TPSA) is 122 Å². The summed E-state index contributed by atoms with van der Waals surface area (Å²) in [6.45, 7) is 4.17. The molecule has 1 aliphatic carbocycles. The van der Waals surface area contributed by atoms with Crippen molar-refractivity contribution in [1.29, 1.82) is 0 Å². The number of primary amides is 1. The molecule has 9 heteroatoms. The first kappa shape index (κ1) is 29.1. The molecule has 1 saturated carbocycles. The van der Waals surface area contributed by atoms with Crippen LogP contribution < -0.4 is 16.4 Å². The van der Waals surface area contributed by atoms with Gasteiger partial charge in [-0.05, 0) is 72.7 Å². The van der Waals surface area contributed by atoms with E-state index >= 15 is 0 Å². The lowest BCUT2D eigenvalue weighted by molar-refractivity contribution is 0.0815. The number of anilines is 1. The largest absolute Gasteiger partial charge is 0.382 e. The minimum Gasteiger partial charge on any atom is -0.382 e. The number of aromatic nitrogens is 2. The second-order valence-electron chi connectivity index (χ2n) is 12.0. The van der Waals surface area contributed by atoms with Gasteiger partial charge in [-0.3, -0.25) is 19.0 Å². The van der Waals surface area contributed by atoms with Gasteiger partial charge in [-0.25, -0.2) is 4.39 Å². The molecule has 1 fully saturated rings. The Morgan fingerprint density at radius 2 is 1.81 bits per heavy atom. The monoisotopic (exact) mass is 571 g/mol. The average Bonchev–Trinajstić information content (AvgIpc) is 3.59. The minimum atomic E-state index is -0.470. The standard InChI is InChI=1S/C27H30FN3O2.C6H8N2O/c1-27(2)14-23-25(20-11-9-17(28)13-22(20)31(23)24(32)15-27)16-8-10-19(26(29)33)21(12-16)30-18-6-4-3-5-7-18;1-7-6(9)5-3-2-4-8-5/h8-13,18,30H,3-7,14-15H2,1-2H3,(H2,29,33);2-4,8H,1H3,(H,7,9). The van der Waals surface area contributed by atoms with Gasteiger partial charge in [0.05, 0.1) is 11.1 Å². The van der Waals surface area contributed by atoms with Crippen LogP contribution in [0.4, 0.5) is 10.1 Å². The van der Waals surface area contributed by atoms with Gasteiger partial charge in [-0.2, -0.15) is 0 Å². The van der Waals surface area contributed by atoms with E-state index in [-0.39, 0.29) is 23.0 Å². The minimum absolute atomic E-state index is 0.0163. The van der Waals surface area contributed by atoms with Gasteiger partial charge >= 0.3 is 0 Å². The lowest BCUT2D eigenvalue weighted by Gasteiger charge is -2.30. The number of H-pyrrole nitrogens is 1. The summed E-state index contributed by atoms with van der Waals surface area (Å²) in [7, 11) is 1.60. The molecule has 0 atom stereocenters. The summed E-state index contributed by atoms with van der Waals surface area (Å²) >= 11 is 0. The molecule has 8 nitrogen and oxygen atoms in total. The van der Waals surface area contributed by atoms with Crippen molar-refractivity contribution < 1.29 is 18.8 Å². The molecule has 0 spiro atoms. The zero-order valence-electron chi connectivity index (χ0n) is 24.4. The number of rotatable bonds is 5. The lowest BCUT2D eigenvalue weighted by atomic mass is 9.80. The summed E-state index contributed by atoms with van der Waals surface area (Å²) in [6.07, 6.45) is 8.54. The van der Waals surface area contributed by atoms with Crippen LogP contribution in [0.5, 0.6) is 0 Å². The molecule has 0 bridgehead atoms. The highest BCUT2D eigenvalue weighted by Gasteiger charge is 2.35. The molecule has 2 aromatic heterocycles. The molecule has 220 valence electrons. The van der Waals surface area contributed by atoms with Gasteiger partial charge in [0.2, 0.25) is 5.91 Å². The molecule has 2 aromatic carbocycles. The van der Waals surface area contributed by atoms with Crippen molar-refractivity contribution in [2.75, 3.05) is 12.4 Å². The van der Waals surface area contributed by atoms with Crippen LogP contribution in [-0.4, -0.2) is 40.4 Å². The maximum atomic E-state index is 14.2. The number of halogens is 1. The Labute approximate surface area is 244 Å². The predicted molar refractivity (Wildman–Crippen MR) is 163 cm³/mol. The SMILES string of the molecule is CC1(C)CC(=O)n2c(c(-c3ccc(C(N)=O)c(NC4CCCCC4)c3)c3ccc(F)cc32)C1.CNC(=O)c1ccc[nH]1. The van der Waals surface area contributed by atoms with Crippen LogP contribution >= 0.6 is 0 Å². The first-order chi connectivity index (χ1) is 20.1. The Morgan fingerprint density at radius 3 is 2.48 bits per heavy atom. The quantitative estimate of drug-likeness (QED) is 0.225. The van der Waals surface area contributed by atoms with Crippen molar-refractivity contribution in [3.63, 3.8) is 0 Å². The predicted octanol–water partition coefficient (Wildman–Crippen LogP) is 6.28. The van der Waals surface area contributed by atoms with Crippen molar-refractivity contribution in [2.45, 2.75) is 64.8 Å². The molecule has 5 N–H and O–H groups in total. The van der Waals surface area contributed by atoms with Gasteiger partial charge < -0.3 is 21.4 Å².